The third-order valence-electron chi connectivity index (χ3n) is 2.73. The van der Waals surface area contributed by atoms with Crippen LogP contribution in [0.25, 0.3) is 0 Å². The second-order valence-electron chi connectivity index (χ2n) is 4.19. The zero-order chi connectivity index (χ0) is 14.7. The molecule has 1 unspecified atom stereocenters. The maximum Gasteiger partial charge on any atom is 0.123 e. The van der Waals surface area contributed by atoms with Gasteiger partial charge in [0.15, 0.2) is 0 Å². The van der Waals surface area contributed by atoms with Crippen LogP contribution in [0.4, 0.5) is 10.1 Å². The lowest BCUT2D eigenvalue weighted by molar-refractivity contribution is 0.191. The second kappa shape index (κ2) is 6.64. The third-order valence-corrected chi connectivity index (χ3v) is 3.55. The van der Waals surface area contributed by atoms with E-state index < -0.39 is 6.10 Å². The smallest absolute Gasteiger partial charge is 0.123 e. The van der Waals surface area contributed by atoms with Crippen LogP contribution in [0, 0.1) is 5.82 Å². The average molecular weight is 335 g/mol. The van der Waals surface area contributed by atoms with E-state index in [1.165, 1.54) is 24.3 Å². The molecule has 106 valence electrons. The summed E-state index contributed by atoms with van der Waals surface area (Å²) in [7, 11) is 0. The molecule has 2 aromatic carbocycles. The van der Waals surface area contributed by atoms with E-state index in [0.29, 0.717) is 26.3 Å². The van der Waals surface area contributed by atoms with Gasteiger partial charge in [-0.2, -0.15) is 0 Å². The Bertz CT molecular complexity index is 581. The Morgan fingerprint density at radius 3 is 2.15 bits per heavy atom. The molecule has 0 aliphatic carbocycles. The van der Waals surface area contributed by atoms with Gasteiger partial charge in [0.05, 0.1) is 21.8 Å². The Morgan fingerprint density at radius 1 is 1.05 bits per heavy atom. The van der Waals surface area contributed by atoms with E-state index in [-0.39, 0.29) is 12.4 Å². The van der Waals surface area contributed by atoms with E-state index in [1.54, 1.807) is 12.1 Å². The number of nitrogens with one attached hydrogen (secondary N) is 1. The van der Waals surface area contributed by atoms with Crippen LogP contribution in [0.15, 0.2) is 36.4 Å². The fourth-order valence-electron chi connectivity index (χ4n) is 1.71. The molecule has 0 bridgehead atoms. The highest BCUT2D eigenvalue weighted by molar-refractivity contribution is 6.41. The molecule has 0 radical (unpaired) electrons. The van der Waals surface area contributed by atoms with Crippen molar-refractivity contribution >= 4 is 40.5 Å². The summed E-state index contributed by atoms with van der Waals surface area (Å²) in [4.78, 5) is 0. The first-order valence-corrected chi connectivity index (χ1v) is 6.92. The number of anilines is 1. The standard InChI is InChI=1S/C14H11Cl3FNO/c15-9-5-11(16)14(12(17)6-9)19-7-13(20)8-1-3-10(18)4-2-8/h1-6,13,19-20H,7H2. The summed E-state index contributed by atoms with van der Waals surface area (Å²) >= 11 is 17.9. The Labute approximate surface area is 131 Å². The normalized spacial score (nSPS) is 12.2. The van der Waals surface area contributed by atoms with Crippen LogP contribution in [0.5, 0.6) is 0 Å². The zero-order valence-corrected chi connectivity index (χ0v) is 12.5. The van der Waals surface area contributed by atoms with Crippen LogP contribution in [-0.4, -0.2) is 11.7 Å². The van der Waals surface area contributed by atoms with Crippen molar-refractivity contribution in [2.45, 2.75) is 6.10 Å². The maximum absolute atomic E-state index is 12.8. The van der Waals surface area contributed by atoms with E-state index in [2.05, 4.69) is 5.32 Å². The van der Waals surface area contributed by atoms with Crippen LogP contribution in [0.1, 0.15) is 11.7 Å². The largest absolute Gasteiger partial charge is 0.387 e. The van der Waals surface area contributed by atoms with Crippen LogP contribution >= 0.6 is 34.8 Å². The minimum Gasteiger partial charge on any atom is -0.387 e. The van der Waals surface area contributed by atoms with Crippen molar-refractivity contribution in [2.24, 2.45) is 0 Å². The van der Waals surface area contributed by atoms with Gasteiger partial charge < -0.3 is 10.4 Å². The monoisotopic (exact) mass is 333 g/mol. The Morgan fingerprint density at radius 2 is 1.60 bits per heavy atom. The molecule has 0 saturated heterocycles. The van der Waals surface area contributed by atoms with Crippen molar-refractivity contribution in [2.75, 3.05) is 11.9 Å². The highest BCUT2D eigenvalue weighted by Gasteiger charge is 2.11. The molecule has 2 rings (SSSR count). The average Bonchev–Trinajstić information content (AvgIpc) is 2.38. The van der Waals surface area contributed by atoms with Crippen molar-refractivity contribution in [1.82, 2.24) is 0 Å². The van der Waals surface area contributed by atoms with Crippen molar-refractivity contribution in [3.63, 3.8) is 0 Å². The number of halogens is 4. The van der Waals surface area contributed by atoms with Gasteiger partial charge in [-0.25, -0.2) is 4.39 Å². The SMILES string of the molecule is OC(CNc1c(Cl)cc(Cl)cc1Cl)c1ccc(F)cc1. The summed E-state index contributed by atoms with van der Waals surface area (Å²) in [5.41, 5.74) is 1.10. The predicted molar refractivity (Wildman–Crippen MR) is 81.3 cm³/mol. The molecule has 0 saturated carbocycles. The molecule has 2 nitrogen and oxygen atoms in total. The second-order valence-corrected chi connectivity index (χ2v) is 5.44. The summed E-state index contributed by atoms with van der Waals surface area (Å²) in [6, 6.07) is 8.74. The quantitative estimate of drug-likeness (QED) is 0.831. The van der Waals surface area contributed by atoms with Gasteiger partial charge in [0.2, 0.25) is 0 Å². The molecule has 0 heterocycles. The van der Waals surface area contributed by atoms with Crippen LogP contribution in [0.3, 0.4) is 0 Å². The van der Waals surface area contributed by atoms with Crippen molar-refractivity contribution in [3.8, 4) is 0 Å². The molecule has 2 N–H and O–H groups in total. The topological polar surface area (TPSA) is 32.3 Å². The molecule has 0 aliphatic heterocycles. The van der Waals surface area contributed by atoms with Crippen LogP contribution in [-0.2, 0) is 0 Å². The molecule has 1 atom stereocenters. The molecule has 20 heavy (non-hydrogen) atoms. The van der Waals surface area contributed by atoms with Crippen molar-refractivity contribution in [1.29, 1.82) is 0 Å². The molecule has 0 amide bonds. The van der Waals surface area contributed by atoms with E-state index in [4.69, 9.17) is 34.8 Å². The molecule has 0 aliphatic rings. The highest BCUT2D eigenvalue weighted by Crippen LogP contribution is 2.34. The van der Waals surface area contributed by atoms with E-state index in [1.807, 2.05) is 0 Å². The Hall–Kier alpha value is -1.00. The lowest BCUT2D eigenvalue weighted by atomic mass is 10.1. The van der Waals surface area contributed by atoms with E-state index in [9.17, 15) is 9.50 Å². The third kappa shape index (κ3) is 3.76. The first-order valence-electron chi connectivity index (χ1n) is 5.79. The number of aliphatic hydroxyl groups excluding tert-OH is 1. The first kappa shape index (κ1) is 15.4. The van der Waals surface area contributed by atoms with Crippen LogP contribution < -0.4 is 5.32 Å². The summed E-state index contributed by atoms with van der Waals surface area (Å²) in [6.45, 7) is 0.187. The van der Waals surface area contributed by atoms with Gasteiger partial charge in [0, 0.05) is 11.6 Å². The van der Waals surface area contributed by atoms with Gasteiger partial charge in [0.1, 0.15) is 5.82 Å². The minimum absolute atomic E-state index is 0.187. The van der Waals surface area contributed by atoms with Crippen molar-refractivity contribution < 1.29 is 9.50 Å². The van der Waals surface area contributed by atoms with Gasteiger partial charge in [-0.15, -0.1) is 0 Å². The Balaban J connectivity index is 2.07. The summed E-state index contributed by atoms with van der Waals surface area (Å²) in [5, 5.41) is 14.1. The lowest BCUT2D eigenvalue weighted by Gasteiger charge is -2.15. The fraction of sp³-hybridized carbons (Fsp3) is 0.143. The van der Waals surface area contributed by atoms with Gasteiger partial charge in [-0.05, 0) is 29.8 Å². The number of rotatable bonds is 4. The number of hydrogen-bond acceptors (Lipinski definition) is 2. The number of aliphatic hydroxyl groups is 1. The summed E-state index contributed by atoms with van der Waals surface area (Å²) in [6.07, 6.45) is -0.807. The predicted octanol–water partition coefficient (Wildman–Crippen LogP) is 4.93. The molecule has 2 aromatic rings. The van der Waals surface area contributed by atoms with Gasteiger partial charge in [0.25, 0.3) is 0 Å². The maximum atomic E-state index is 12.8. The van der Waals surface area contributed by atoms with E-state index >= 15 is 0 Å². The van der Waals surface area contributed by atoms with Gasteiger partial charge >= 0.3 is 0 Å². The van der Waals surface area contributed by atoms with Gasteiger partial charge in [-0.3, -0.25) is 0 Å². The van der Waals surface area contributed by atoms with E-state index in [0.717, 1.165) is 0 Å². The number of hydrogen-bond donors (Lipinski definition) is 2. The van der Waals surface area contributed by atoms with Gasteiger partial charge in [-0.1, -0.05) is 46.9 Å². The summed E-state index contributed by atoms with van der Waals surface area (Å²) in [5.74, 6) is -0.349. The molecule has 0 spiro atoms. The number of benzene rings is 2. The van der Waals surface area contributed by atoms with Crippen molar-refractivity contribution in [3.05, 3.63) is 62.8 Å². The molecule has 6 heteroatoms. The molecule has 0 fully saturated rings. The molecular weight excluding hydrogens is 324 g/mol. The minimum atomic E-state index is -0.807. The fourth-order valence-corrected chi connectivity index (χ4v) is 2.66. The Kier molecular flexibility index (Phi) is 5.11. The summed E-state index contributed by atoms with van der Waals surface area (Å²) < 4.78 is 12.8. The van der Waals surface area contributed by atoms with Crippen LogP contribution in [0.2, 0.25) is 15.1 Å². The first-order chi connectivity index (χ1) is 9.47. The molecule has 0 aromatic heterocycles. The lowest BCUT2D eigenvalue weighted by Crippen LogP contribution is -2.12. The zero-order valence-electron chi connectivity index (χ0n) is 10.2. The molecular formula is C14H11Cl3FNO. The highest BCUT2D eigenvalue weighted by atomic mass is 35.5.